The van der Waals surface area contributed by atoms with Crippen LogP contribution in [0.15, 0.2) is 24.3 Å². The highest BCUT2D eigenvalue weighted by Gasteiger charge is 2.55. The van der Waals surface area contributed by atoms with Gasteiger partial charge in [-0.25, -0.2) is 4.39 Å². The molecule has 4 aliphatic carbocycles. The van der Waals surface area contributed by atoms with E-state index in [9.17, 15) is 14.0 Å². The third-order valence-corrected chi connectivity index (χ3v) is 8.97. The first-order valence-electron chi connectivity index (χ1n) is 13.5. The predicted molar refractivity (Wildman–Crippen MR) is 132 cm³/mol. The second-order valence-electron chi connectivity index (χ2n) is 11.9. The fraction of sp³-hybridized carbons (Fsp3) is 0.714. The molecule has 35 heavy (non-hydrogen) atoms. The second kappa shape index (κ2) is 10.2. The fourth-order valence-corrected chi connectivity index (χ4v) is 7.56. The third kappa shape index (κ3) is 5.26. The Morgan fingerprint density at radius 1 is 1.03 bits per heavy atom. The van der Waals surface area contributed by atoms with Crippen LogP contribution in [0.25, 0.3) is 0 Å². The number of carbonyl (C=O) groups is 2. The highest BCUT2D eigenvalue weighted by atomic mass is 19.1. The van der Waals surface area contributed by atoms with E-state index in [1.54, 1.807) is 12.1 Å². The highest BCUT2D eigenvalue weighted by Crippen LogP contribution is 2.60. The van der Waals surface area contributed by atoms with Crippen LogP contribution in [0.1, 0.15) is 64.0 Å². The number of morpholine rings is 1. The van der Waals surface area contributed by atoms with Gasteiger partial charge in [0.15, 0.2) is 0 Å². The molecule has 7 heteroatoms. The largest absolute Gasteiger partial charge is 0.379 e. The Balaban J connectivity index is 1.25. The Labute approximate surface area is 208 Å². The average molecular weight is 486 g/mol. The van der Waals surface area contributed by atoms with Crippen molar-refractivity contribution in [3.8, 4) is 0 Å². The van der Waals surface area contributed by atoms with E-state index in [2.05, 4.69) is 15.5 Å². The van der Waals surface area contributed by atoms with Gasteiger partial charge >= 0.3 is 0 Å². The molecule has 1 aromatic carbocycles. The molecule has 1 heterocycles. The van der Waals surface area contributed by atoms with Crippen molar-refractivity contribution < 1.29 is 18.7 Å². The second-order valence-corrected chi connectivity index (χ2v) is 11.9. The van der Waals surface area contributed by atoms with Crippen molar-refractivity contribution in [2.45, 2.75) is 64.5 Å². The molecule has 2 N–H and O–H groups in total. The van der Waals surface area contributed by atoms with Crippen LogP contribution in [0.3, 0.4) is 0 Å². The summed E-state index contributed by atoms with van der Waals surface area (Å²) in [5, 5.41) is 6.31. The first kappa shape index (κ1) is 24.7. The maximum atomic E-state index is 13.6. The number of halogens is 1. The molecule has 1 saturated heterocycles. The zero-order valence-corrected chi connectivity index (χ0v) is 21.1. The molecule has 0 aromatic heterocycles. The van der Waals surface area contributed by atoms with Crippen LogP contribution < -0.4 is 10.6 Å². The Morgan fingerprint density at radius 3 is 2.14 bits per heavy atom. The van der Waals surface area contributed by atoms with E-state index in [0.29, 0.717) is 37.5 Å². The summed E-state index contributed by atoms with van der Waals surface area (Å²) in [6.07, 6.45) is 6.82. The first-order chi connectivity index (χ1) is 16.8. The van der Waals surface area contributed by atoms with Crippen LogP contribution in [-0.2, 0) is 14.3 Å². The molecule has 5 aliphatic rings. The Hall–Kier alpha value is -1.99. The molecular weight excluding hydrogens is 445 g/mol. The molecule has 1 aliphatic heterocycles. The van der Waals surface area contributed by atoms with Gasteiger partial charge in [0, 0.05) is 25.0 Å². The molecule has 5 fully saturated rings. The number of rotatable bonds is 8. The summed E-state index contributed by atoms with van der Waals surface area (Å²) in [6, 6.07) is 5.87. The minimum absolute atomic E-state index is 0.0134. The molecule has 2 amide bonds. The minimum Gasteiger partial charge on any atom is -0.379 e. The van der Waals surface area contributed by atoms with Crippen molar-refractivity contribution in [2.75, 3.05) is 32.8 Å². The molecule has 1 aromatic rings. The van der Waals surface area contributed by atoms with Gasteiger partial charge in [-0.3, -0.25) is 14.5 Å². The maximum Gasteiger partial charge on any atom is 0.242 e. The number of nitrogens with one attached hydrogen (secondary N) is 2. The number of ether oxygens (including phenoxy) is 1. The van der Waals surface area contributed by atoms with Crippen LogP contribution in [-0.4, -0.2) is 55.6 Å². The molecule has 0 radical (unpaired) electrons. The lowest BCUT2D eigenvalue weighted by Gasteiger charge is -2.55. The van der Waals surface area contributed by atoms with E-state index < -0.39 is 6.04 Å². The van der Waals surface area contributed by atoms with Crippen LogP contribution in [0.5, 0.6) is 0 Å². The van der Waals surface area contributed by atoms with Crippen molar-refractivity contribution in [1.29, 1.82) is 0 Å². The summed E-state index contributed by atoms with van der Waals surface area (Å²) in [5.74, 6) is 1.72. The zero-order chi connectivity index (χ0) is 24.6. The van der Waals surface area contributed by atoms with Crippen molar-refractivity contribution >= 4 is 11.8 Å². The average Bonchev–Trinajstić information content (AvgIpc) is 2.83. The molecule has 4 saturated carbocycles. The van der Waals surface area contributed by atoms with Crippen LogP contribution in [0, 0.1) is 34.9 Å². The number of amides is 2. The summed E-state index contributed by atoms with van der Waals surface area (Å²) >= 11 is 0. The molecular formula is C28H40FN3O3. The summed E-state index contributed by atoms with van der Waals surface area (Å²) in [5.41, 5.74) is 0.694. The molecule has 6 nitrogen and oxygen atoms in total. The molecule has 0 spiro atoms. The smallest absolute Gasteiger partial charge is 0.242 e. The fourth-order valence-electron chi connectivity index (χ4n) is 7.56. The van der Waals surface area contributed by atoms with E-state index in [-0.39, 0.29) is 35.0 Å². The van der Waals surface area contributed by atoms with E-state index in [1.165, 1.54) is 31.4 Å². The maximum absolute atomic E-state index is 13.6. The molecule has 2 unspecified atom stereocenters. The lowest BCUT2D eigenvalue weighted by Crippen LogP contribution is -2.58. The lowest BCUT2D eigenvalue weighted by molar-refractivity contribution is -0.149. The van der Waals surface area contributed by atoms with Gasteiger partial charge in [0.2, 0.25) is 11.8 Å². The topological polar surface area (TPSA) is 70.7 Å². The lowest BCUT2D eigenvalue weighted by atomic mass is 9.49. The van der Waals surface area contributed by atoms with E-state index in [1.807, 2.05) is 13.8 Å². The molecule has 6 rings (SSSR count). The monoisotopic (exact) mass is 485 g/mol. The van der Waals surface area contributed by atoms with Crippen LogP contribution >= 0.6 is 0 Å². The quantitative estimate of drug-likeness (QED) is 0.590. The van der Waals surface area contributed by atoms with Gasteiger partial charge < -0.3 is 15.4 Å². The molecule has 4 bridgehead atoms. The number of benzene rings is 1. The number of hydrogen-bond donors (Lipinski definition) is 2. The van der Waals surface area contributed by atoms with Gasteiger partial charge in [-0.15, -0.1) is 0 Å². The Morgan fingerprint density at radius 2 is 1.60 bits per heavy atom. The standard InChI is InChI=1S/C28H40FN3O3/c1-18(2)25(31-27(34)28-14-19-11-20(15-28)13-21(12-19)16-28)26(33)30-17-24(32-7-9-35-10-8-32)22-3-5-23(29)6-4-22/h3-6,18-21,24-25H,7-17H2,1-2H3,(H,30,33)(H,31,34). The van der Waals surface area contributed by atoms with Crippen molar-refractivity contribution in [3.05, 3.63) is 35.6 Å². The number of carbonyl (C=O) groups excluding carboxylic acids is 2. The first-order valence-corrected chi connectivity index (χ1v) is 13.5. The van der Waals surface area contributed by atoms with E-state index in [4.69, 9.17) is 4.74 Å². The van der Waals surface area contributed by atoms with E-state index >= 15 is 0 Å². The minimum atomic E-state index is -0.561. The Bertz CT molecular complexity index is 877. The van der Waals surface area contributed by atoms with Crippen molar-refractivity contribution in [2.24, 2.45) is 29.1 Å². The van der Waals surface area contributed by atoms with Gasteiger partial charge in [0.25, 0.3) is 0 Å². The summed E-state index contributed by atoms with van der Waals surface area (Å²) < 4.78 is 19.1. The number of nitrogens with zero attached hydrogens (tertiary/aromatic N) is 1. The van der Waals surface area contributed by atoms with Gasteiger partial charge in [0.05, 0.1) is 19.3 Å². The van der Waals surface area contributed by atoms with Gasteiger partial charge in [0.1, 0.15) is 11.9 Å². The predicted octanol–water partition coefficient (Wildman–Crippen LogP) is 3.67. The Kier molecular flexibility index (Phi) is 7.18. The molecule has 192 valence electrons. The van der Waals surface area contributed by atoms with Crippen molar-refractivity contribution in [1.82, 2.24) is 15.5 Å². The normalized spacial score (nSPS) is 31.8. The SMILES string of the molecule is CC(C)C(NC(=O)C12CC3CC(CC(C3)C1)C2)C(=O)NCC(c1ccc(F)cc1)N1CCOCC1. The van der Waals surface area contributed by atoms with Gasteiger partial charge in [-0.05, 0) is 79.9 Å². The zero-order valence-electron chi connectivity index (χ0n) is 21.1. The van der Waals surface area contributed by atoms with Gasteiger partial charge in [-0.2, -0.15) is 0 Å². The third-order valence-electron chi connectivity index (χ3n) is 8.97. The molecule has 2 atom stereocenters. The highest BCUT2D eigenvalue weighted by molar-refractivity contribution is 5.90. The van der Waals surface area contributed by atoms with Crippen LogP contribution in [0.4, 0.5) is 4.39 Å². The summed E-state index contributed by atoms with van der Waals surface area (Å²) in [4.78, 5) is 29.3. The van der Waals surface area contributed by atoms with Crippen molar-refractivity contribution in [3.63, 3.8) is 0 Å². The van der Waals surface area contributed by atoms with Gasteiger partial charge in [-0.1, -0.05) is 26.0 Å². The summed E-state index contributed by atoms with van der Waals surface area (Å²) in [7, 11) is 0. The van der Waals surface area contributed by atoms with E-state index in [0.717, 1.165) is 37.9 Å². The number of hydrogen-bond acceptors (Lipinski definition) is 4. The van der Waals surface area contributed by atoms with Crippen LogP contribution in [0.2, 0.25) is 0 Å². The summed E-state index contributed by atoms with van der Waals surface area (Å²) in [6.45, 7) is 7.18.